The van der Waals surface area contributed by atoms with Crippen LogP contribution >= 0.6 is 0 Å². The van der Waals surface area contributed by atoms with Gasteiger partial charge >= 0.3 is 0 Å². The summed E-state index contributed by atoms with van der Waals surface area (Å²) in [5, 5.41) is 8.48. The molecule has 0 saturated heterocycles. The Hall–Kier alpha value is -2.34. The van der Waals surface area contributed by atoms with Gasteiger partial charge in [0, 0.05) is 18.2 Å². The van der Waals surface area contributed by atoms with E-state index in [0.29, 0.717) is 0 Å². The molecule has 1 aliphatic rings. The van der Waals surface area contributed by atoms with Crippen molar-refractivity contribution in [3.63, 3.8) is 0 Å². The van der Waals surface area contributed by atoms with Crippen molar-refractivity contribution in [2.24, 2.45) is 0 Å². The van der Waals surface area contributed by atoms with Gasteiger partial charge in [0.15, 0.2) is 6.61 Å². The maximum atomic E-state index is 8.48. The standard InChI is InChI=1S/C14H10N2O/c15-5-7-17-11-3-4-12-10(8-11)9-14-13(12)2-1-6-16-14/h1-4,6,8H,7,9H2. The number of benzene rings is 1. The van der Waals surface area contributed by atoms with Gasteiger partial charge < -0.3 is 4.74 Å². The van der Waals surface area contributed by atoms with Crippen LogP contribution in [0.4, 0.5) is 0 Å². The molecule has 82 valence electrons. The fourth-order valence-electron chi connectivity index (χ4n) is 2.19. The summed E-state index contributed by atoms with van der Waals surface area (Å²) < 4.78 is 5.30. The van der Waals surface area contributed by atoms with Crippen LogP contribution in [-0.4, -0.2) is 11.6 Å². The smallest absolute Gasteiger partial charge is 0.174 e. The highest BCUT2D eigenvalue weighted by Crippen LogP contribution is 2.36. The molecule has 0 N–H and O–H groups in total. The SMILES string of the molecule is N#CCOc1ccc2c(c1)Cc1ncccc1-2. The third-order valence-corrected chi connectivity index (χ3v) is 2.92. The lowest BCUT2D eigenvalue weighted by molar-refractivity contribution is 0.368. The average Bonchev–Trinajstić information content (AvgIpc) is 2.74. The zero-order chi connectivity index (χ0) is 11.7. The van der Waals surface area contributed by atoms with Crippen molar-refractivity contribution in [3.8, 4) is 22.9 Å². The Kier molecular flexibility index (Phi) is 2.27. The molecule has 0 spiro atoms. The van der Waals surface area contributed by atoms with Crippen LogP contribution in [0, 0.1) is 11.3 Å². The summed E-state index contributed by atoms with van der Waals surface area (Å²) in [6.07, 6.45) is 2.66. The van der Waals surface area contributed by atoms with Crippen molar-refractivity contribution in [1.82, 2.24) is 4.98 Å². The van der Waals surface area contributed by atoms with Crippen molar-refractivity contribution in [2.45, 2.75) is 6.42 Å². The topological polar surface area (TPSA) is 45.9 Å². The fraction of sp³-hybridized carbons (Fsp3) is 0.143. The van der Waals surface area contributed by atoms with Crippen LogP contribution in [0.3, 0.4) is 0 Å². The Balaban J connectivity index is 1.99. The van der Waals surface area contributed by atoms with E-state index >= 15 is 0 Å². The Morgan fingerprint density at radius 3 is 3.12 bits per heavy atom. The third kappa shape index (κ3) is 1.64. The molecule has 17 heavy (non-hydrogen) atoms. The predicted octanol–water partition coefficient (Wildman–Crippen LogP) is 2.56. The van der Waals surface area contributed by atoms with Gasteiger partial charge in [-0.15, -0.1) is 0 Å². The molecule has 3 rings (SSSR count). The van der Waals surface area contributed by atoms with Crippen molar-refractivity contribution < 1.29 is 4.74 Å². The van der Waals surface area contributed by atoms with Crippen LogP contribution in [0.1, 0.15) is 11.3 Å². The van der Waals surface area contributed by atoms with Gasteiger partial charge in [0.2, 0.25) is 0 Å². The number of hydrogen-bond acceptors (Lipinski definition) is 3. The lowest BCUT2D eigenvalue weighted by Crippen LogP contribution is -1.94. The van der Waals surface area contributed by atoms with E-state index in [2.05, 4.69) is 11.1 Å². The van der Waals surface area contributed by atoms with Crippen LogP contribution in [0.25, 0.3) is 11.1 Å². The summed E-state index contributed by atoms with van der Waals surface area (Å²) >= 11 is 0. The van der Waals surface area contributed by atoms with Crippen LogP contribution < -0.4 is 4.74 Å². The fourth-order valence-corrected chi connectivity index (χ4v) is 2.19. The summed E-state index contributed by atoms with van der Waals surface area (Å²) in [5.74, 6) is 0.748. The first-order valence-corrected chi connectivity index (χ1v) is 5.45. The molecule has 1 aromatic heterocycles. The van der Waals surface area contributed by atoms with E-state index in [-0.39, 0.29) is 6.61 Å². The van der Waals surface area contributed by atoms with E-state index in [1.165, 1.54) is 16.7 Å². The molecular formula is C14H10N2O. The first-order valence-electron chi connectivity index (χ1n) is 5.45. The second-order valence-electron chi connectivity index (χ2n) is 3.94. The summed E-state index contributed by atoms with van der Waals surface area (Å²) in [4.78, 5) is 4.37. The Morgan fingerprint density at radius 2 is 2.24 bits per heavy atom. The monoisotopic (exact) mass is 222 g/mol. The average molecular weight is 222 g/mol. The molecule has 0 aliphatic heterocycles. The minimum Gasteiger partial charge on any atom is -0.479 e. The van der Waals surface area contributed by atoms with Gasteiger partial charge in [-0.25, -0.2) is 0 Å². The number of nitriles is 1. The van der Waals surface area contributed by atoms with E-state index in [9.17, 15) is 0 Å². The highest BCUT2D eigenvalue weighted by molar-refractivity contribution is 5.75. The molecule has 3 heteroatoms. The predicted molar refractivity (Wildman–Crippen MR) is 63.6 cm³/mol. The molecule has 3 nitrogen and oxygen atoms in total. The maximum absolute atomic E-state index is 8.48. The first kappa shape index (κ1) is 9.86. The summed E-state index contributed by atoms with van der Waals surface area (Å²) in [6.45, 7) is 0.0873. The number of hydrogen-bond donors (Lipinski definition) is 0. The van der Waals surface area contributed by atoms with E-state index < -0.39 is 0 Å². The minimum absolute atomic E-state index is 0.0873. The summed E-state index contributed by atoms with van der Waals surface area (Å²) in [6, 6.07) is 11.9. The van der Waals surface area contributed by atoms with Gasteiger partial charge in [0.1, 0.15) is 11.8 Å². The molecule has 1 heterocycles. The maximum Gasteiger partial charge on any atom is 0.174 e. The zero-order valence-electron chi connectivity index (χ0n) is 9.18. The van der Waals surface area contributed by atoms with E-state index in [4.69, 9.17) is 10.00 Å². The van der Waals surface area contributed by atoms with Crippen LogP contribution in [0.2, 0.25) is 0 Å². The second-order valence-corrected chi connectivity index (χ2v) is 3.94. The lowest BCUT2D eigenvalue weighted by Gasteiger charge is -2.04. The molecular weight excluding hydrogens is 212 g/mol. The number of fused-ring (bicyclic) bond motifs is 3. The third-order valence-electron chi connectivity index (χ3n) is 2.92. The summed E-state index contributed by atoms with van der Waals surface area (Å²) in [5.41, 5.74) is 4.75. The van der Waals surface area contributed by atoms with Gasteiger partial charge in [0.05, 0.1) is 5.69 Å². The van der Waals surface area contributed by atoms with E-state index in [0.717, 1.165) is 17.9 Å². The molecule has 0 amide bonds. The number of pyridine rings is 1. The van der Waals surface area contributed by atoms with E-state index in [1.54, 1.807) is 0 Å². The highest BCUT2D eigenvalue weighted by atomic mass is 16.5. The van der Waals surface area contributed by atoms with Gasteiger partial charge in [-0.05, 0) is 29.3 Å². The second kappa shape index (κ2) is 3.91. The Bertz CT molecular complexity index is 614. The Morgan fingerprint density at radius 1 is 1.29 bits per heavy atom. The van der Waals surface area contributed by atoms with Gasteiger partial charge in [-0.1, -0.05) is 12.1 Å². The van der Waals surface area contributed by atoms with Crippen molar-refractivity contribution >= 4 is 0 Å². The molecule has 1 aromatic carbocycles. The number of nitrogens with zero attached hydrogens (tertiary/aromatic N) is 2. The molecule has 2 aromatic rings. The Labute approximate surface area is 99.3 Å². The largest absolute Gasteiger partial charge is 0.479 e. The molecule has 0 atom stereocenters. The van der Waals surface area contributed by atoms with Crippen LogP contribution in [-0.2, 0) is 6.42 Å². The molecule has 0 fully saturated rings. The van der Waals surface area contributed by atoms with Crippen LogP contribution in [0.15, 0.2) is 36.5 Å². The molecule has 0 radical (unpaired) electrons. The zero-order valence-corrected chi connectivity index (χ0v) is 9.18. The first-order chi connectivity index (χ1) is 8.38. The van der Waals surface area contributed by atoms with E-state index in [1.807, 2.05) is 36.5 Å². The normalized spacial score (nSPS) is 11.5. The van der Waals surface area contributed by atoms with Crippen molar-refractivity contribution in [1.29, 1.82) is 5.26 Å². The van der Waals surface area contributed by atoms with Crippen molar-refractivity contribution in [3.05, 3.63) is 47.8 Å². The number of rotatable bonds is 2. The molecule has 0 saturated carbocycles. The summed E-state index contributed by atoms with van der Waals surface area (Å²) in [7, 11) is 0. The van der Waals surface area contributed by atoms with Crippen molar-refractivity contribution in [2.75, 3.05) is 6.61 Å². The van der Waals surface area contributed by atoms with Gasteiger partial charge in [0.25, 0.3) is 0 Å². The number of ether oxygens (including phenoxy) is 1. The van der Waals surface area contributed by atoms with Gasteiger partial charge in [-0.3, -0.25) is 4.98 Å². The molecule has 0 unspecified atom stereocenters. The van der Waals surface area contributed by atoms with Crippen LogP contribution in [0.5, 0.6) is 5.75 Å². The highest BCUT2D eigenvalue weighted by Gasteiger charge is 2.19. The lowest BCUT2D eigenvalue weighted by atomic mass is 10.1. The minimum atomic E-state index is 0.0873. The number of aromatic nitrogens is 1. The molecule has 0 bridgehead atoms. The molecule has 1 aliphatic carbocycles. The van der Waals surface area contributed by atoms with Gasteiger partial charge in [-0.2, -0.15) is 5.26 Å². The quantitative estimate of drug-likeness (QED) is 0.669.